The molecule has 4 nitrogen and oxygen atoms in total. The predicted molar refractivity (Wildman–Crippen MR) is 40.1 cm³/mol. The van der Waals surface area contributed by atoms with Gasteiger partial charge in [-0.15, -0.1) is 0 Å². The van der Waals surface area contributed by atoms with Crippen LogP contribution in [-0.2, 0) is 0 Å². The number of rotatable bonds is 3. The lowest BCUT2D eigenvalue weighted by Crippen LogP contribution is -2.36. The van der Waals surface area contributed by atoms with Crippen LogP contribution in [-0.4, -0.2) is 46.7 Å². The van der Waals surface area contributed by atoms with Crippen LogP contribution in [0.5, 0.6) is 0 Å². The third-order valence-corrected chi connectivity index (χ3v) is 2.11. The van der Waals surface area contributed by atoms with Gasteiger partial charge in [0.05, 0.1) is 18.8 Å². The molecule has 0 spiro atoms. The Labute approximate surface area is 65.9 Å². The van der Waals surface area contributed by atoms with Crippen molar-refractivity contribution in [1.29, 1.82) is 0 Å². The standard InChI is InChI=1S/C7H15NO3/c9-2-1-5-3-7(11)6(4-10)8-5/h5-11H,1-4H2/t5-,6+,7-/m1/s1. The summed E-state index contributed by atoms with van der Waals surface area (Å²) >= 11 is 0. The first kappa shape index (κ1) is 8.93. The third-order valence-electron chi connectivity index (χ3n) is 2.11. The molecule has 4 heteroatoms. The van der Waals surface area contributed by atoms with Crippen molar-refractivity contribution in [3.05, 3.63) is 0 Å². The minimum atomic E-state index is -0.462. The molecule has 0 amide bonds. The van der Waals surface area contributed by atoms with Crippen LogP contribution in [0.2, 0.25) is 0 Å². The van der Waals surface area contributed by atoms with Gasteiger partial charge < -0.3 is 20.6 Å². The Bertz CT molecular complexity index is 120. The fourth-order valence-corrected chi connectivity index (χ4v) is 1.47. The second kappa shape index (κ2) is 4.01. The van der Waals surface area contributed by atoms with Gasteiger partial charge in [-0.1, -0.05) is 0 Å². The number of hydrogen-bond acceptors (Lipinski definition) is 4. The quantitative estimate of drug-likeness (QED) is 0.404. The van der Waals surface area contributed by atoms with E-state index in [0.717, 1.165) is 0 Å². The lowest BCUT2D eigenvalue weighted by atomic mass is 10.1. The molecule has 66 valence electrons. The SMILES string of the molecule is OCC[C@@H]1C[C@@H](O)[C@H](CO)N1. The molecule has 1 fully saturated rings. The molecular weight excluding hydrogens is 146 g/mol. The van der Waals surface area contributed by atoms with E-state index in [1.807, 2.05) is 0 Å². The molecule has 0 radical (unpaired) electrons. The molecule has 1 rings (SSSR count). The normalized spacial score (nSPS) is 37.9. The van der Waals surface area contributed by atoms with E-state index in [1.165, 1.54) is 0 Å². The van der Waals surface area contributed by atoms with Gasteiger partial charge in [0, 0.05) is 12.6 Å². The number of nitrogens with one attached hydrogen (secondary N) is 1. The van der Waals surface area contributed by atoms with Crippen LogP contribution >= 0.6 is 0 Å². The average molecular weight is 161 g/mol. The summed E-state index contributed by atoms with van der Waals surface area (Å²) < 4.78 is 0. The monoisotopic (exact) mass is 161 g/mol. The smallest absolute Gasteiger partial charge is 0.0730 e. The Kier molecular flexibility index (Phi) is 3.26. The fraction of sp³-hybridized carbons (Fsp3) is 1.00. The highest BCUT2D eigenvalue weighted by Gasteiger charge is 2.30. The van der Waals surface area contributed by atoms with Crippen LogP contribution in [0.3, 0.4) is 0 Å². The van der Waals surface area contributed by atoms with Gasteiger partial charge in [0.15, 0.2) is 0 Å². The molecule has 0 aromatic heterocycles. The number of aliphatic hydroxyl groups is 3. The third kappa shape index (κ3) is 2.13. The van der Waals surface area contributed by atoms with Crippen LogP contribution in [0.25, 0.3) is 0 Å². The van der Waals surface area contributed by atoms with Gasteiger partial charge in [-0.05, 0) is 12.8 Å². The van der Waals surface area contributed by atoms with E-state index in [9.17, 15) is 5.11 Å². The van der Waals surface area contributed by atoms with Gasteiger partial charge in [-0.25, -0.2) is 0 Å². The van der Waals surface area contributed by atoms with E-state index in [-0.39, 0.29) is 25.3 Å². The molecule has 0 bridgehead atoms. The molecule has 1 heterocycles. The van der Waals surface area contributed by atoms with Gasteiger partial charge in [0.1, 0.15) is 0 Å². The fourth-order valence-electron chi connectivity index (χ4n) is 1.47. The van der Waals surface area contributed by atoms with Crippen molar-refractivity contribution >= 4 is 0 Å². The molecule has 0 saturated carbocycles. The van der Waals surface area contributed by atoms with E-state index in [0.29, 0.717) is 12.8 Å². The molecule has 1 saturated heterocycles. The van der Waals surface area contributed by atoms with Crippen molar-refractivity contribution < 1.29 is 15.3 Å². The highest BCUT2D eigenvalue weighted by Crippen LogP contribution is 2.14. The Hall–Kier alpha value is -0.160. The summed E-state index contributed by atoms with van der Waals surface area (Å²) in [7, 11) is 0. The van der Waals surface area contributed by atoms with Crippen LogP contribution in [0.4, 0.5) is 0 Å². The molecular formula is C7H15NO3. The maximum Gasteiger partial charge on any atom is 0.0730 e. The number of aliphatic hydroxyl groups excluding tert-OH is 3. The zero-order valence-corrected chi connectivity index (χ0v) is 6.40. The van der Waals surface area contributed by atoms with Crippen molar-refractivity contribution in [2.75, 3.05) is 13.2 Å². The molecule has 1 aliphatic rings. The highest BCUT2D eigenvalue weighted by atomic mass is 16.3. The topological polar surface area (TPSA) is 72.7 Å². The summed E-state index contributed by atoms with van der Waals surface area (Å²) in [5, 5.41) is 29.6. The zero-order chi connectivity index (χ0) is 8.27. The molecule has 0 unspecified atom stereocenters. The van der Waals surface area contributed by atoms with Crippen molar-refractivity contribution in [1.82, 2.24) is 5.32 Å². The van der Waals surface area contributed by atoms with Crippen molar-refractivity contribution in [3.63, 3.8) is 0 Å². The Balaban J connectivity index is 2.30. The second-order valence-electron chi connectivity index (χ2n) is 2.97. The molecule has 3 atom stereocenters. The lowest BCUT2D eigenvalue weighted by Gasteiger charge is -2.11. The van der Waals surface area contributed by atoms with Crippen LogP contribution in [0, 0.1) is 0 Å². The van der Waals surface area contributed by atoms with Crippen LogP contribution < -0.4 is 5.32 Å². The molecule has 1 aliphatic heterocycles. The summed E-state index contributed by atoms with van der Waals surface area (Å²) in [5.74, 6) is 0. The summed E-state index contributed by atoms with van der Waals surface area (Å²) in [6.07, 6.45) is 0.816. The zero-order valence-electron chi connectivity index (χ0n) is 6.40. The number of hydrogen-bond donors (Lipinski definition) is 4. The minimum Gasteiger partial charge on any atom is -0.396 e. The lowest BCUT2D eigenvalue weighted by molar-refractivity contribution is 0.121. The summed E-state index contributed by atoms with van der Waals surface area (Å²) in [4.78, 5) is 0. The van der Waals surface area contributed by atoms with Gasteiger partial charge in [-0.2, -0.15) is 0 Å². The molecule has 0 aromatic carbocycles. The molecule has 0 aliphatic carbocycles. The van der Waals surface area contributed by atoms with E-state index in [4.69, 9.17) is 10.2 Å². The Morgan fingerprint density at radius 3 is 2.55 bits per heavy atom. The molecule has 11 heavy (non-hydrogen) atoms. The summed E-state index contributed by atoms with van der Waals surface area (Å²) in [6, 6.07) is -0.0429. The second-order valence-corrected chi connectivity index (χ2v) is 2.97. The summed E-state index contributed by atoms with van der Waals surface area (Å²) in [5.41, 5.74) is 0. The first-order valence-corrected chi connectivity index (χ1v) is 3.93. The first-order valence-electron chi connectivity index (χ1n) is 3.93. The maximum atomic E-state index is 9.28. The van der Waals surface area contributed by atoms with E-state index < -0.39 is 6.10 Å². The van der Waals surface area contributed by atoms with Gasteiger partial charge in [0.2, 0.25) is 0 Å². The van der Waals surface area contributed by atoms with Crippen molar-refractivity contribution in [3.8, 4) is 0 Å². The molecule has 0 aromatic rings. The van der Waals surface area contributed by atoms with Gasteiger partial charge >= 0.3 is 0 Å². The summed E-state index contributed by atoms with van der Waals surface area (Å²) in [6.45, 7) is 0.0889. The van der Waals surface area contributed by atoms with E-state index in [2.05, 4.69) is 5.32 Å². The first-order chi connectivity index (χ1) is 5.27. The maximum absolute atomic E-state index is 9.28. The van der Waals surface area contributed by atoms with Crippen molar-refractivity contribution in [2.24, 2.45) is 0 Å². The highest BCUT2D eigenvalue weighted by molar-refractivity contribution is 4.89. The van der Waals surface area contributed by atoms with Gasteiger partial charge in [0.25, 0.3) is 0 Å². The largest absolute Gasteiger partial charge is 0.396 e. The average Bonchev–Trinajstić information content (AvgIpc) is 2.32. The van der Waals surface area contributed by atoms with Gasteiger partial charge in [-0.3, -0.25) is 0 Å². The Morgan fingerprint density at radius 1 is 1.36 bits per heavy atom. The predicted octanol–water partition coefficient (Wildman–Crippen LogP) is -1.55. The van der Waals surface area contributed by atoms with E-state index >= 15 is 0 Å². The minimum absolute atomic E-state index is 0.0386. The van der Waals surface area contributed by atoms with E-state index in [1.54, 1.807) is 0 Å². The van der Waals surface area contributed by atoms with Crippen molar-refractivity contribution in [2.45, 2.75) is 31.0 Å². The molecule has 4 N–H and O–H groups in total. The van der Waals surface area contributed by atoms with Crippen LogP contribution in [0.15, 0.2) is 0 Å². The Morgan fingerprint density at radius 2 is 2.09 bits per heavy atom. The van der Waals surface area contributed by atoms with Crippen LogP contribution in [0.1, 0.15) is 12.8 Å².